The van der Waals surface area contributed by atoms with Crippen molar-refractivity contribution in [3.05, 3.63) is 47.0 Å². The molecule has 0 heterocycles. The van der Waals surface area contributed by atoms with E-state index in [1.54, 1.807) is 42.4 Å². The monoisotopic (exact) mass is 364 g/mol. The first-order chi connectivity index (χ1) is 13.3. The molecule has 2 saturated carbocycles. The van der Waals surface area contributed by atoms with Crippen molar-refractivity contribution >= 4 is 0 Å². The number of hydrogen-bond donors (Lipinski definition) is 0. The van der Waals surface area contributed by atoms with E-state index in [-0.39, 0.29) is 0 Å². The Morgan fingerprint density at radius 3 is 2.48 bits per heavy atom. The highest BCUT2D eigenvalue weighted by atomic mass is 14.4. The molecule has 0 amide bonds. The Balaban J connectivity index is 1.35. The van der Waals surface area contributed by atoms with Crippen LogP contribution in [0, 0.1) is 29.6 Å². The highest BCUT2D eigenvalue weighted by molar-refractivity contribution is 5.34. The fraction of sp³-hybridized carbons (Fsp3) is 0.704. The van der Waals surface area contributed by atoms with E-state index < -0.39 is 0 Å². The summed E-state index contributed by atoms with van der Waals surface area (Å²) in [5.74, 6) is 5.19. The number of aryl methyl sites for hydroxylation is 2. The smallest absolute Gasteiger partial charge is 0.0244 e. The van der Waals surface area contributed by atoms with Crippen LogP contribution >= 0.6 is 0 Å². The minimum Gasteiger partial charge on any atom is -0.0917 e. The maximum Gasteiger partial charge on any atom is -0.0244 e. The van der Waals surface area contributed by atoms with Crippen LogP contribution in [0.3, 0.4) is 0 Å². The average Bonchev–Trinajstić information content (AvgIpc) is 2.72. The molecule has 0 N–H and O–H groups in total. The Morgan fingerprint density at radius 1 is 0.889 bits per heavy atom. The largest absolute Gasteiger partial charge is 0.0917 e. The summed E-state index contributed by atoms with van der Waals surface area (Å²) in [7, 11) is 0. The minimum absolute atomic E-state index is 0.969. The van der Waals surface area contributed by atoms with E-state index in [9.17, 15) is 0 Å². The van der Waals surface area contributed by atoms with Gasteiger partial charge in [0, 0.05) is 0 Å². The molecular weight excluding hydrogens is 324 g/mol. The summed E-state index contributed by atoms with van der Waals surface area (Å²) in [4.78, 5) is 0. The molecule has 0 heteroatoms. The zero-order valence-corrected chi connectivity index (χ0v) is 17.8. The molecule has 4 rings (SSSR count). The maximum atomic E-state index is 2.53. The molecule has 0 nitrogen and oxygen atoms in total. The van der Waals surface area contributed by atoms with Crippen LogP contribution in [0.25, 0.3) is 0 Å². The van der Waals surface area contributed by atoms with Crippen molar-refractivity contribution in [2.75, 3.05) is 0 Å². The van der Waals surface area contributed by atoms with Gasteiger partial charge in [0.2, 0.25) is 0 Å². The molecule has 27 heavy (non-hydrogen) atoms. The second kappa shape index (κ2) is 8.97. The van der Waals surface area contributed by atoms with Crippen molar-refractivity contribution in [3.63, 3.8) is 0 Å². The fourth-order valence-electron chi connectivity index (χ4n) is 6.63. The van der Waals surface area contributed by atoms with Crippen molar-refractivity contribution in [1.29, 1.82) is 0 Å². The van der Waals surface area contributed by atoms with Gasteiger partial charge in [0.05, 0.1) is 0 Å². The van der Waals surface area contributed by atoms with Crippen LogP contribution in [0.1, 0.15) is 88.3 Å². The summed E-state index contributed by atoms with van der Waals surface area (Å²) in [5, 5.41) is 0. The van der Waals surface area contributed by atoms with Crippen molar-refractivity contribution in [1.82, 2.24) is 0 Å². The zero-order chi connectivity index (χ0) is 18.6. The van der Waals surface area contributed by atoms with Gasteiger partial charge in [-0.1, -0.05) is 50.1 Å². The van der Waals surface area contributed by atoms with Crippen LogP contribution in [-0.4, -0.2) is 0 Å². The number of allylic oxidation sites excluding steroid dienone is 2. The predicted octanol–water partition coefficient (Wildman–Crippen LogP) is 7.54. The fourth-order valence-corrected chi connectivity index (χ4v) is 6.63. The van der Waals surface area contributed by atoms with Crippen molar-refractivity contribution in [2.45, 2.75) is 90.9 Å². The SMILES string of the molecule is C/C=C/CCc1ccc2c(c1)CCC(C1CCC3CC(CC)CCC3C1)C2. The second-order valence-electron chi connectivity index (χ2n) is 9.89. The number of rotatable bonds is 5. The molecule has 3 aliphatic carbocycles. The summed E-state index contributed by atoms with van der Waals surface area (Å²) >= 11 is 0. The van der Waals surface area contributed by atoms with Crippen LogP contribution in [0.4, 0.5) is 0 Å². The molecule has 5 atom stereocenters. The van der Waals surface area contributed by atoms with Crippen LogP contribution in [0.15, 0.2) is 30.4 Å². The Bertz CT molecular complexity index is 639. The first-order valence-electron chi connectivity index (χ1n) is 12.0. The normalized spacial score (nSPS) is 33.6. The van der Waals surface area contributed by atoms with E-state index in [2.05, 4.69) is 44.2 Å². The van der Waals surface area contributed by atoms with Gasteiger partial charge in [-0.3, -0.25) is 0 Å². The second-order valence-corrected chi connectivity index (χ2v) is 9.89. The number of hydrogen-bond acceptors (Lipinski definition) is 0. The number of benzene rings is 1. The van der Waals surface area contributed by atoms with E-state index in [0.717, 1.165) is 29.6 Å². The molecule has 0 saturated heterocycles. The molecule has 148 valence electrons. The van der Waals surface area contributed by atoms with Gasteiger partial charge in [-0.2, -0.15) is 0 Å². The minimum atomic E-state index is 0.969. The lowest BCUT2D eigenvalue weighted by Crippen LogP contribution is -2.35. The Hall–Kier alpha value is -1.04. The van der Waals surface area contributed by atoms with Crippen molar-refractivity contribution < 1.29 is 0 Å². The molecule has 5 unspecified atom stereocenters. The van der Waals surface area contributed by atoms with Gasteiger partial charge in [0.15, 0.2) is 0 Å². The van der Waals surface area contributed by atoms with Crippen LogP contribution in [0.5, 0.6) is 0 Å². The summed E-state index contributed by atoms with van der Waals surface area (Å²) < 4.78 is 0. The molecule has 0 aliphatic heterocycles. The van der Waals surface area contributed by atoms with Gasteiger partial charge in [-0.05, 0) is 117 Å². The van der Waals surface area contributed by atoms with Gasteiger partial charge >= 0.3 is 0 Å². The summed E-state index contributed by atoms with van der Waals surface area (Å²) in [6.45, 7) is 4.53. The topological polar surface area (TPSA) is 0 Å². The van der Waals surface area contributed by atoms with Gasteiger partial charge < -0.3 is 0 Å². The Kier molecular flexibility index (Phi) is 6.41. The van der Waals surface area contributed by atoms with E-state index in [1.807, 2.05) is 0 Å². The van der Waals surface area contributed by atoms with E-state index in [4.69, 9.17) is 0 Å². The molecule has 1 aromatic rings. The lowest BCUT2D eigenvalue weighted by Gasteiger charge is -2.45. The van der Waals surface area contributed by atoms with E-state index in [0.29, 0.717) is 0 Å². The lowest BCUT2D eigenvalue weighted by atomic mass is 9.61. The third-order valence-corrected chi connectivity index (χ3v) is 8.38. The van der Waals surface area contributed by atoms with E-state index >= 15 is 0 Å². The Morgan fingerprint density at radius 2 is 1.67 bits per heavy atom. The van der Waals surface area contributed by atoms with Gasteiger partial charge in [-0.25, -0.2) is 0 Å². The zero-order valence-electron chi connectivity index (χ0n) is 17.8. The van der Waals surface area contributed by atoms with Gasteiger partial charge in [-0.15, -0.1) is 0 Å². The maximum absolute atomic E-state index is 2.53. The summed E-state index contributed by atoms with van der Waals surface area (Å²) in [6.07, 6.45) is 21.7. The Labute approximate surface area is 167 Å². The highest BCUT2D eigenvalue weighted by Crippen LogP contribution is 2.48. The molecule has 1 aromatic carbocycles. The van der Waals surface area contributed by atoms with Crippen LogP contribution in [-0.2, 0) is 19.3 Å². The summed E-state index contributed by atoms with van der Waals surface area (Å²) in [5.41, 5.74) is 4.89. The first-order valence-corrected chi connectivity index (χ1v) is 12.0. The van der Waals surface area contributed by atoms with Gasteiger partial charge in [0.25, 0.3) is 0 Å². The van der Waals surface area contributed by atoms with Gasteiger partial charge in [0.1, 0.15) is 0 Å². The van der Waals surface area contributed by atoms with Crippen molar-refractivity contribution in [2.24, 2.45) is 29.6 Å². The molecule has 0 aromatic heterocycles. The highest BCUT2D eigenvalue weighted by Gasteiger charge is 2.38. The van der Waals surface area contributed by atoms with E-state index in [1.165, 1.54) is 51.4 Å². The third-order valence-electron chi connectivity index (χ3n) is 8.38. The molecule has 0 spiro atoms. The average molecular weight is 365 g/mol. The molecule has 2 fully saturated rings. The summed E-state index contributed by atoms with van der Waals surface area (Å²) in [6, 6.07) is 7.41. The van der Waals surface area contributed by atoms with Crippen LogP contribution < -0.4 is 0 Å². The quantitative estimate of drug-likeness (QED) is 0.473. The lowest BCUT2D eigenvalue weighted by molar-refractivity contribution is 0.0708. The molecule has 0 bridgehead atoms. The molecular formula is C27H40. The van der Waals surface area contributed by atoms with Crippen LogP contribution in [0.2, 0.25) is 0 Å². The standard InChI is InChI=1S/C27H40/c1-3-5-6-7-21-9-11-25-19-27(15-13-23(25)17-21)26-14-12-22-16-20(4-2)8-10-24(22)18-26/h3,5,9,11,17,20,22,24,26-27H,4,6-8,10,12-16,18-19H2,1-2H3/b5-3+. The molecule has 0 radical (unpaired) electrons. The first kappa shape index (κ1) is 19.3. The molecule has 3 aliphatic rings. The number of fused-ring (bicyclic) bond motifs is 2. The predicted molar refractivity (Wildman–Crippen MR) is 117 cm³/mol. The third kappa shape index (κ3) is 4.52. The van der Waals surface area contributed by atoms with Crippen molar-refractivity contribution in [3.8, 4) is 0 Å².